The summed E-state index contributed by atoms with van der Waals surface area (Å²) < 4.78 is 64.4. The number of benzene rings is 2. The Hall–Kier alpha value is -3.36. The van der Waals surface area contributed by atoms with Gasteiger partial charge in [-0.2, -0.15) is 4.57 Å². The highest BCUT2D eigenvalue weighted by Gasteiger charge is 2.40. The number of aromatic nitrogens is 1. The van der Waals surface area contributed by atoms with Gasteiger partial charge in [-0.05, 0) is 54.8 Å². The molecule has 44 heavy (non-hydrogen) atoms. The fourth-order valence-electron chi connectivity index (χ4n) is 5.29. The lowest BCUT2D eigenvalue weighted by Gasteiger charge is -2.27. The van der Waals surface area contributed by atoms with E-state index >= 15 is 0 Å². The number of hydrogen-bond acceptors (Lipinski definition) is 8. The standard InChI is InChI=1S/C31H37N3O7S3/c1-31(2)24-20-23(44(39,40)41)16-17-25(24)34(19-11-7-10-14-30(35)36)28(31)12-8-6-9-13-29-33(5)26-18-15-22(21-27(26)42-29)43(37,38)32(3)4/h6,8-9,12-13,15-18,20-21H,7,10-11,14,19H2,1-5H3,(H-,35,36,39,40,41). The molecule has 0 spiro atoms. The number of aryl methyl sites for hydroxylation is 1. The van der Waals surface area contributed by atoms with Crippen LogP contribution in [0, 0.1) is 0 Å². The first-order valence-corrected chi connectivity index (χ1v) is 17.7. The quantitative estimate of drug-likeness (QED) is 0.127. The molecule has 0 atom stereocenters. The molecule has 1 aromatic heterocycles. The Balaban J connectivity index is 1.60. The first-order chi connectivity index (χ1) is 20.5. The first kappa shape index (κ1) is 33.5. The number of unbranched alkanes of at least 4 members (excludes halogenated alkanes) is 2. The molecule has 0 bridgehead atoms. The highest BCUT2D eigenvalue weighted by atomic mass is 32.2. The van der Waals surface area contributed by atoms with Crippen LogP contribution < -0.4 is 9.47 Å². The topological polar surface area (TPSA) is 139 Å². The lowest BCUT2D eigenvalue weighted by atomic mass is 9.83. The van der Waals surface area contributed by atoms with Gasteiger partial charge in [0.2, 0.25) is 15.5 Å². The van der Waals surface area contributed by atoms with E-state index in [1.165, 1.54) is 41.9 Å². The number of carboxylic acid groups (broad SMARTS) is 1. The third kappa shape index (κ3) is 6.97. The summed E-state index contributed by atoms with van der Waals surface area (Å²) in [6, 6.07) is 9.56. The third-order valence-corrected chi connectivity index (χ3v) is 11.6. The van der Waals surface area contributed by atoms with Gasteiger partial charge in [0.25, 0.3) is 5.01 Å². The van der Waals surface area contributed by atoms with Crippen molar-refractivity contribution in [3.8, 4) is 0 Å². The summed E-state index contributed by atoms with van der Waals surface area (Å²) in [5.74, 6) is -0.825. The molecule has 2 aromatic carbocycles. The first-order valence-electron chi connectivity index (χ1n) is 14.1. The number of fused-ring (bicyclic) bond motifs is 2. The molecule has 0 radical (unpaired) electrons. The number of anilines is 1. The van der Waals surface area contributed by atoms with Gasteiger partial charge in [-0.1, -0.05) is 49.8 Å². The van der Waals surface area contributed by atoms with E-state index < -0.39 is 31.5 Å². The zero-order valence-electron chi connectivity index (χ0n) is 25.3. The molecular formula is C31H37N3O7S3. The minimum Gasteiger partial charge on any atom is -0.744 e. The molecule has 3 aromatic rings. The Morgan fingerprint density at radius 3 is 2.39 bits per heavy atom. The number of nitrogens with zero attached hydrogens (tertiary/aromatic N) is 3. The fourth-order valence-corrected chi connectivity index (χ4v) is 7.90. The van der Waals surface area contributed by atoms with Gasteiger partial charge < -0.3 is 14.6 Å². The largest absolute Gasteiger partial charge is 0.744 e. The molecule has 0 amide bonds. The fraction of sp³-hybridized carbons (Fsp3) is 0.355. The summed E-state index contributed by atoms with van der Waals surface area (Å²) in [5.41, 5.74) is 2.82. The van der Waals surface area contributed by atoms with Crippen molar-refractivity contribution in [2.24, 2.45) is 7.05 Å². The van der Waals surface area contributed by atoms with Gasteiger partial charge in [0.1, 0.15) is 21.9 Å². The maximum atomic E-state index is 12.6. The van der Waals surface area contributed by atoms with E-state index in [4.69, 9.17) is 5.11 Å². The monoisotopic (exact) mass is 659 g/mol. The Kier molecular flexibility index (Phi) is 9.86. The molecule has 4 rings (SSSR count). The van der Waals surface area contributed by atoms with Crippen molar-refractivity contribution in [2.45, 2.75) is 54.7 Å². The van der Waals surface area contributed by atoms with Crippen LogP contribution in [0.15, 0.2) is 76.2 Å². The van der Waals surface area contributed by atoms with Gasteiger partial charge in [-0.25, -0.2) is 21.1 Å². The minimum atomic E-state index is -4.62. The van der Waals surface area contributed by atoms with Gasteiger partial charge in [-0.3, -0.25) is 4.79 Å². The molecule has 1 aliphatic heterocycles. The molecule has 2 heterocycles. The van der Waals surface area contributed by atoms with Gasteiger partial charge in [0.05, 0.1) is 9.79 Å². The molecule has 1 aliphatic rings. The van der Waals surface area contributed by atoms with Crippen molar-refractivity contribution in [3.05, 3.63) is 77.0 Å². The van der Waals surface area contributed by atoms with E-state index in [0.29, 0.717) is 13.0 Å². The summed E-state index contributed by atoms with van der Waals surface area (Å²) >= 11 is 1.48. The molecule has 10 nitrogen and oxygen atoms in total. The Morgan fingerprint density at radius 1 is 1.02 bits per heavy atom. The molecule has 0 saturated carbocycles. The van der Waals surface area contributed by atoms with Crippen molar-refractivity contribution in [3.63, 3.8) is 0 Å². The molecule has 236 valence electrons. The lowest BCUT2D eigenvalue weighted by molar-refractivity contribution is -0.642. The molecule has 0 unspecified atom stereocenters. The predicted molar refractivity (Wildman–Crippen MR) is 171 cm³/mol. The average Bonchev–Trinajstić information content (AvgIpc) is 3.36. The molecule has 0 aliphatic carbocycles. The summed E-state index contributed by atoms with van der Waals surface area (Å²) in [5, 5.41) is 9.88. The zero-order valence-corrected chi connectivity index (χ0v) is 27.8. The molecule has 0 fully saturated rings. The van der Waals surface area contributed by atoms with Gasteiger partial charge in [0.15, 0.2) is 0 Å². The van der Waals surface area contributed by atoms with Crippen molar-refractivity contribution in [2.75, 3.05) is 25.5 Å². The van der Waals surface area contributed by atoms with E-state index in [9.17, 15) is 26.2 Å². The Morgan fingerprint density at radius 2 is 1.73 bits per heavy atom. The van der Waals surface area contributed by atoms with Crippen LogP contribution in [0.2, 0.25) is 0 Å². The zero-order chi connectivity index (χ0) is 32.4. The van der Waals surface area contributed by atoms with E-state index in [1.807, 2.05) is 55.8 Å². The number of thiazole rings is 1. The van der Waals surface area contributed by atoms with Gasteiger partial charge >= 0.3 is 5.97 Å². The number of aliphatic carboxylic acids is 1. The highest BCUT2D eigenvalue weighted by Crippen LogP contribution is 2.48. The van der Waals surface area contributed by atoms with Crippen molar-refractivity contribution >= 4 is 59.4 Å². The van der Waals surface area contributed by atoms with Crippen LogP contribution in [0.25, 0.3) is 16.3 Å². The maximum Gasteiger partial charge on any atom is 0.303 e. The van der Waals surface area contributed by atoms with Crippen LogP contribution in [-0.2, 0) is 37.4 Å². The number of sulfonamides is 1. The van der Waals surface area contributed by atoms with E-state index in [-0.39, 0.29) is 16.2 Å². The smallest absolute Gasteiger partial charge is 0.303 e. The summed E-state index contributed by atoms with van der Waals surface area (Å²) in [6.07, 6.45) is 11.7. The number of rotatable bonds is 12. The second kappa shape index (κ2) is 12.9. The SMILES string of the molecule is CN(C)S(=O)(=O)c1ccc2c(c1)sc(/C=C/C=C/C=C1/N(CCCCCC(=O)O)c3ccc(S(=O)(=O)[O-])cc3C1(C)C)[n+]2C. The molecule has 13 heteroatoms. The predicted octanol–water partition coefficient (Wildman–Crippen LogP) is 4.78. The second-order valence-electron chi connectivity index (χ2n) is 11.3. The van der Waals surface area contributed by atoms with Gasteiger partial charge in [0, 0.05) is 56.0 Å². The van der Waals surface area contributed by atoms with Crippen LogP contribution in [0.1, 0.15) is 50.1 Å². The van der Waals surface area contributed by atoms with Crippen molar-refractivity contribution < 1.29 is 35.9 Å². The second-order valence-corrected chi connectivity index (χ2v) is 15.9. The van der Waals surface area contributed by atoms with E-state index in [0.717, 1.165) is 45.0 Å². The number of allylic oxidation sites excluding steroid dienone is 5. The Bertz CT molecular complexity index is 1890. The number of carbonyl (C=O) groups is 1. The van der Waals surface area contributed by atoms with Crippen LogP contribution >= 0.6 is 11.3 Å². The summed E-state index contributed by atoms with van der Waals surface area (Å²) in [7, 11) is -3.22. The highest BCUT2D eigenvalue weighted by molar-refractivity contribution is 7.89. The molecular weight excluding hydrogens is 623 g/mol. The number of hydrogen-bond donors (Lipinski definition) is 1. The maximum absolute atomic E-state index is 12.6. The van der Waals surface area contributed by atoms with Crippen LogP contribution in [0.5, 0.6) is 0 Å². The average molecular weight is 660 g/mol. The third-order valence-electron chi connectivity index (χ3n) is 7.76. The van der Waals surface area contributed by atoms with Crippen molar-refractivity contribution in [1.29, 1.82) is 0 Å². The van der Waals surface area contributed by atoms with E-state index in [2.05, 4.69) is 4.90 Å². The van der Waals surface area contributed by atoms with Gasteiger partial charge in [-0.15, -0.1) is 0 Å². The molecule has 1 N–H and O–H groups in total. The molecule has 0 saturated heterocycles. The van der Waals surface area contributed by atoms with E-state index in [1.54, 1.807) is 24.3 Å². The van der Waals surface area contributed by atoms with Crippen LogP contribution in [-0.4, -0.2) is 57.4 Å². The van der Waals surface area contributed by atoms with Crippen LogP contribution in [0.4, 0.5) is 5.69 Å². The normalized spacial score (nSPS) is 16.2. The lowest BCUT2D eigenvalue weighted by Crippen LogP contribution is -2.29. The van der Waals surface area contributed by atoms with Crippen molar-refractivity contribution in [1.82, 2.24) is 4.31 Å². The summed E-state index contributed by atoms with van der Waals surface area (Å²) in [6.45, 7) is 4.57. The summed E-state index contributed by atoms with van der Waals surface area (Å²) in [4.78, 5) is 13.0. The minimum absolute atomic E-state index is 0.110. The number of carboxylic acids is 1. The Labute approximate surface area is 263 Å². The van der Waals surface area contributed by atoms with Crippen LogP contribution in [0.3, 0.4) is 0 Å².